The summed E-state index contributed by atoms with van der Waals surface area (Å²) in [6, 6.07) is 6.44. The van der Waals surface area contributed by atoms with Gasteiger partial charge in [-0.25, -0.2) is 0 Å². The lowest BCUT2D eigenvalue weighted by atomic mass is 10.0. The lowest BCUT2D eigenvalue weighted by Gasteiger charge is -2.32. The molecule has 19 heavy (non-hydrogen) atoms. The highest BCUT2D eigenvalue weighted by molar-refractivity contribution is 5.94. The van der Waals surface area contributed by atoms with E-state index in [9.17, 15) is 14.7 Å². The van der Waals surface area contributed by atoms with Gasteiger partial charge in [0.05, 0.1) is 0 Å². The van der Waals surface area contributed by atoms with Gasteiger partial charge in [-0.15, -0.1) is 0 Å². The third-order valence-corrected chi connectivity index (χ3v) is 3.30. The standard InChI is InChI=1S/C14H18N2O3/c1-10(17)15-12-6-8-16(9-7-12)14(19)11-2-4-13(18)5-3-11/h2-5,12,18H,6-9H2,1H3,(H,15,17). The zero-order valence-corrected chi connectivity index (χ0v) is 10.9. The Bertz CT molecular complexity index is 462. The average molecular weight is 262 g/mol. The van der Waals surface area contributed by atoms with Gasteiger partial charge >= 0.3 is 0 Å². The fourth-order valence-corrected chi connectivity index (χ4v) is 2.30. The first-order chi connectivity index (χ1) is 9.06. The first kappa shape index (κ1) is 13.4. The zero-order chi connectivity index (χ0) is 13.8. The van der Waals surface area contributed by atoms with Gasteiger partial charge in [-0.1, -0.05) is 0 Å². The molecule has 1 heterocycles. The van der Waals surface area contributed by atoms with Crippen LogP contribution in [0.2, 0.25) is 0 Å². The quantitative estimate of drug-likeness (QED) is 0.839. The smallest absolute Gasteiger partial charge is 0.253 e. The third kappa shape index (κ3) is 3.47. The number of phenolic OH excluding ortho intramolecular Hbond substituents is 1. The molecule has 0 radical (unpaired) electrons. The number of benzene rings is 1. The van der Waals surface area contributed by atoms with Crippen LogP contribution in [-0.2, 0) is 4.79 Å². The molecule has 0 unspecified atom stereocenters. The van der Waals surface area contributed by atoms with E-state index in [0.717, 1.165) is 12.8 Å². The van der Waals surface area contributed by atoms with Gasteiger partial charge in [-0.3, -0.25) is 9.59 Å². The van der Waals surface area contributed by atoms with Crippen molar-refractivity contribution in [2.24, 2.45) is 0 Å². The van der Waals surface area contributed by atoms with Gasteiger partial charge in [0, 0.05) is 31.6 Å². The molecule has 1 aromatic rings. The Morgan fingerprint density at radius 3 is 2.32 bits per heavy atom. The largest absolute Gasteiger partial charge is 0.508 e. The third-order valence-electron chi connectivity index (χ3n) is 3.30. The Hall–Kier alpha value is -2.04. The van der Waals surface area contributed by atoms with Crippen molar-refractivity contribution >= 4 is 11.8 Å². The summed E-state index contributed by atoms with van der Waals surface area (Å²) < 4.78 is 0. The maximum Gasteiger partial charge on any atom is 0.253 e. The molecule has 2 rings (SSSR count). The molecule has 102 valence electrons. The van der Waals surface area contributed by atoms with Crippen molar-refractivity contribution in [1.82, 2.24) is 10.2 Å². The summed E-state index contributed by atoms with van der Waals surface area (Å²) in [6.45, 7) is 2.79. The van der Waals surface area contributed by atoms with Gasteiger partial charge in [0.15, 0.2) is 0 Å². The highest BCUT2D eigenvalue weighted by atomic mass is 16.3. The van der Waals surface area contributed by atoms with Crippen LogP contribution in [0.15, 0.2) is 24.3 Å². The minimum atomic E-state index is -0.0266. The Kier molecular flexibility index (Phi) is 4.04. The number of phenols is 1. The van der Waals surface area contributed by atoms with Crippen LogP contribution < -0.4 is 5.32 Å². The zero-order valence-electron chi connectivity index (χ0n) is 10.9. The molecule has 1 aliphatic heterocycles. The number of rotatable bonds is 2. The molecule has 5 nitrogen and oxygen atoms in total. The molecule has 0 aromatic heterocycles. The second-order valence-corrected chi connectivity index (χ2v) is 4.81. The number of amides is 2. The molecular formula is C14H18N2O3. The number of hydrogen-bond donors (Lipinski definition) is 2. The average Bonchev–Trinajstić information content (AvgIpc) is 2.39. The number of carbonyl (C=O) groups is 2. The summed E-state index contributed by atoms with van der Waals surface area (Å²) in [4.78, 5) is 24.9. The molecule has 0 bridgehead atoms. The van der Waals surface area contributed by atoms with Gasteiger partial charge in [-0.2, -0.15) is 0 Å². The Morgan fingerprint density at radius 2 is 1.79 bits per heavy atom. The SMILES string of the molecule is CC(=O)NC1CCN(C(=O)c2ccc(O)cc2)CC1. The Labute approximate surface area is 112 Å². The summed E-state index contributed by atoms with van der Waals surface area (Å²) >= 11 is 0. The van der Waals surface area contributed by atoms with Crippen molar-refractivity contribution < 1.29 is 14.7 Å². The molecule has 1 saturated heterocycles. The van der Waals surface area contributed by atoms with E-state index in [2.05, 4.69) is 5.32 Å². The van der Waals surface area contributed by atoms with Crippen LogP contribution in [0.5, 0.6) is 5.75 Å². The highest BCUT2D eigenvalue weighted by Gasteiger charge is 2.23. The lowest BCUT2D eigenvalue weighted by molar-refractivity contribution is -0.119. The molecule has 0 aliphatic carbocycles. The van der Waals surface area contributed by atoms with Gasteiger partial charge in [0.2, 0.25) is 5.91 Å². The van der Waals surface area contributed by atoms with Crippen molar-refractivity contribution in [3.63, 3.8) is 0 Å². The van der Waals surface area contributed by atoms with Gasteiger partial charge in [0.1, 0.15) is 5.75 Å². The van der Waals surface area contributed by atoms with Crippen molar-refractivity contribution in [2.75, 3.05) is 13.1 Å². The van der Waals surface area contributed by atoms with Crippen LogP contribution in [0.4, 0.5) is 0 Å². The van der Waals surface area contributed by atoms with E-state index in [1.54, 1.807) is 17.0 Å². The maximum atomic E-state index is 12.2. The van der Waals surface area contributed by atoms with E-state index in [0.29, 0.717) is 18.7 Å². The number of aromatic hydroxyl groups is 1. The van der Waals surface area contributed by atoms with Gasteiger partial charge in [-0.05, 0) is 37.1 Å². The monoisotopic (exact) mass is 262 g/mol. The number of nitrogens with zero attached hydrogens (tertiary/aromatic N) is 1. The topological polar surface area (TPSA) is 69.6 Å². The van der Waals surface area contributed by atoms with Crippen LogP contribution in [0.25, 0.3) is 0 Å². The number of nitrogens with one attached hydrogen (secondary N) is 1. The maximum absolute atomic E-state index is 12.2. The second kappa shape index (κ2) is 5.73. The fraction of sp³-hybridized carbons (Fsp3) is 0.429. The predicted octanol–water partition coefficient (Wildman–Crippen LogP) is 1.13. The number of hydrogen-bond acceptors (Lipinski definition) is 3. The second-order valence-electron chi connectivity index (χ2n) is 4.81. The minimum absolute atomic E-state index is 0.0247. The molecular weight excluding hydrogens is 244 g/mol. The fourth-order valence-electron chi connectivity index (χ4n) is 2.30. The normalized spacial score (nSPS) is 16.2. The predicted molar refractivity (Wildman–Crippen MR) is 70.8 cm³/mol. The molecule has 0 atom stereocenters. The van der Waals surface area contributed by atoms with E-state index >= 15 is 0 Å². The molecule has 2 amide bonds. The molecule has 5 heteroatoms. The van der Waals surface area contributed by atoms with E-state index in [1.807, 2.05) is 0 Å². The minimum Gasteiger partial charge on any atom is -0.508 e. The van der Waals surface area contributed by atoms with Crippen LogP contribution in [0.1, 0.15) is 30.1 Å². The molecule has 1 aliphatic rings. The number of likely N-dealkylation sites (tertiary alicyclic amines) is 1. The molecule has 0 saturated carbocycles. The lowest BCUT2D eigenvalue weighted by Crippen LogP contribution is -2.46. The summed E-state index contributed by atoms with van der Waals surface area (Å²) in [5.41, 5.74) is 0.579. The van der Waals surface area contributed by atoms with Crippen molar-refractivity contribution in [2.45, 2.75) is 25.8 Å². The molecule has 0 spiro atoms. The molecule has 1 fully saturated rings. The van der Waals surface area contributed by atoms with Crippen LogP contribution >= 0.6 is 0 Å². The van der Waals surface area contributed by atoms with Crippen molar-refractivity contribution in [1.29, 1.82) is 0 Å². The Morgan fingerprint density at radius 1 is 1.21 bits per heavy atom. The van der Waals surface area contributed by atoms with Crippen LogP contribution in [0.3, 0.4) is 0 Å². The summed E-state index contributed by atoms with van der Waals surface area (Å²) in [6.07, 6.45) is 1.56. The van der Waals surface area contributed by atoms with Crippen LogP contribution in [-0.4, -0.2) is 41.0 Å². The summed E-state index contributed by atoms with van der Waals surface area (Å²) in [7, 11) is 0. The first-order valence-electron chi connectivity index (χ1n) is 6.41. The highest BCUT2D eigenvalue weighted by Crippen LogP contribution is 2.16. The van der Waals surface area contributed by atoms with Crippen LogP contribution in [0, 0.1) is 0 Å². The van der Waals surface area contributed by atoms with Gasteiger partial charge in [0.25, 0.3) is 5.91 Å². The van der Waals surface area contributed by atoms with E-state index in [-0.39, 0.29) is 23.6 Å². The van der Waals surface area contributed by atoms with Crippen molar-refractivity contribution in [3.05, 3.63) is 29.8 Å². The van der Waals surface area contributed by atoms with E-state index in [1.165, 1.54) is 19.1 Å². The summed E-state index contributed by atoms with van der Waals surface area (Å²) in [5, 5.41) is 12.1. The van der Waals surface area contributed by atoms with E-state index in [4.69, 9.17) is 0 Å². The Balaban J connectivity index is 1.92. The number of piperidine rings is 1. The van der Waals surface area contributed by atoms with E-state index < -0.39 is 0 Å². The first-order valence-corrected chi connectivity index (χ1v) is 6.41. The summed E-state index contributed by atoms with van der Waals surface area (Å²) in [5.74, 6) is 0.102. The molecule has 1 aromatic carbocycles. The number of carbonyl (C=O) groups excluding carboxylic acids is 2. The van der Waals surface area contributed by atoms with Gasteiger partial charge < -0.3 is 15.3 Å². The molecule has 2 N–H and O–H groups in total. The van der Waals surface area contributed by atoms with Crippen molar-refractivity contribution in [3.8, 4) is 5.75 Å².